The Hall–Kier alpha value is -2.04. The number of carbonyl (C=O) groups excluding carboxylic acids is 1. The summed E-state index contributed by atoms with van der Waals surface area (Å²) in [7, 11) is 0. The molecule has 0 aromatic heterocycles. The van der Waals surface area contributed by atoms with Crippen molar-refractivity contribution in [3.05, 3.63) is 64.7 Å². The van der Waals surface area contributed by atoms with Gasteiger partial charge < -0.3 is 15.7 Å². The number of rotatable bonds is 4. The molecule has 110 valence electrons. The summed E-state index contributed by atoms with van der Waals surface area (Å²) in [5, 5.41) is 15.4. The quantitative estimate of drug-likeness (QED) is 0.809. The highest BCUT2D eigenvalue weighted by molar-refractivity contribution is 6.31. The number of aryl methyl sites for hydroxylation is 1. The zero-order chi connectivity index (χ0) is 15.2. The highest BCUT2D eigenvalue weighted by Gasteiger charge is 2.13. The summed E-state index contributed by atoms with van der Waals surface area (Å²) in [6.45, 7) is 1.72. The van der Waals surface area contributed by atoms with Crippen LogP contribution in [0.3, 0.4) is 0 Å². The molecule has 4 nitrogen and oxygen atoms in total. The SMILES string of the molecule is Cc1ccc(NC(=O)N[C@@H](CO)c2ccccc2)cc1Cl. The lowest BCUT2D eigenvalue weighted by molar-refractivity contribution is 0.225. The molecule has 0 spiro atoms. The monoisotopic (exact) mass is 304 g/mol. The molecule has 0 aliphatic carbocycles. The first kappa shape index (κ1) is 15.4. The number of urea groups is 1. The van der Waals surface area contributed by atoms with Crippen LogP contribution in [0.5, 0.6) is 0 Å². The second-order valence-electron chi connectivity index (χ2n) is 4.71. The van der Waals surface area contributed by atoms with Crippen LogP contribution in [-0.4, -0.2) is 17.7 Å². The maximum absolute atomic E-state index is 12.0. The smallest absolute Gasteiger partial charge is 0.319 e. The lowest BCUT2D eigenvalue weighted by Crippen LogP contribution is -2.34. The minimum atomic E-state index is -0.452. The Bertz CT molecular complexity index is 617. The Balaban J connectivity index is 2.01. The molecule has 0 fully saturated rings. The van der Waals surface area contributed by atoms with Gasteiger partial charge in [0, 0.05) is 10.7 Å². The van der Waals surface area contributed by atoms with Gasteiger partial charge in [0.15, 0.2) is 0 Å². The fourth-order valence-electron chi connectivity index (χ4n) is 1.92. The largest absolute Gasteiger partial charge is 0.394 e. The topological polar surface area (TPSA) is 61.4 Å². The van der Waals surface area contributed by atoms with Gasteiger partial charge in [0.2, 0.25) is 0 Å². The van der Waals surface area contributed by atoms with Gasteiger partial charge in [0.1, 0.15) is 0 Å². The second kappa shape index (κ2) is 7.11. The van der Waals surface area contributed by atoms with Crippen LogP contribution in [0.25, 0.3) is 0 Å². The molecule has 21 heavy (non-hydrogen) atoms. The molecule has 2 rings (SSSR count). The van der Waals surface area contributed by atoms with Gasteiger partial charge in [0.05, 0.1) is 12.6 Å². The van der Waals surface area contributed by atoms with Crippen LogP contribution >= 0.6 is 11.6 Å². The first-order valence-electron chi connectivity index (χ1n) is 6.59. The van der Waals surface area contributed by atoms with E-state index in [4.69, 9.17) is 11.6 Å². The Labute approximate surface area is 128 Å². The third-order valence-corrected chi connectivity index (χ3v) is 3.53. The summed E-state index contributed by atoms with van der Waals surface area (Å²) < 4.78 is 0. The van der Waals surface area contributed by atoms with E-state index in [0.717, 1.165) is 11.1 Å². The van der Waals surface area contributed by atoms with Crippen LogP contribution < -0.4 is 10.6 Å². The summed E-state index contributed by atoms with van der Waals surface area (Å²) in [4.78, 5) is 12.0. The maximum Gasteiger partial charge on any atom is 0.319 e. The van der Waals surface area contributed by atoms with Crippen molar-refractivity contribution >= 4 is 23.3 Å². The van der Waals surface area contributed by atoms with Gasteiger partial charge in [-0.15, -0.1) is 0 Å². The summed E-state index contributed by atoms with van der Waals surface area (Å²) in [6, 6.07) is 13.8. The second-order valence-corrected chi connectivity index (χ2v) is 5.12. The zero-order valence-electron chi connectivity index (χ0n) is 11.6. The van der Waals surface area contributed by atoms with E-state index in [-0.39, 0.29) is 6.61 Å². The summed E-state index contributed by atoms with van der Waals surface area (Å²) >= 11 is 6.01. The van der Waals surface area contributed by atoms with Crippen molar-refractivity contribution in [1.82, 2.24) is 5.32 Å². The molecule has 3 N–H and O–H groups in total. The Morgan fingerprint density at radius 2 is 1.95 bits per heavy atom. The van der Waals surface area contributed by atoms with Crippen molar-refractivity contribution < 1.29 is 9.90 Å². The number of hydrogen-bond acceptors (Lipinski definition) is 2. The van der Waals surface area contributed by atoms with Crippen LogP contribution in [0.15, 0.2) is 48.5 Å². The van der Waals surface area contributed by atoms with E-state index >= 15 is 0 Å². The molecule has 0 unspecified atom stereocenters. The molecule has 2 amide bonds. The van der Waals surface area contributed by atoms with E-state index in [1.54, 1.807) is 12.1 Å². The molecule has 2 aromatic rings. The van der Waals surface area contributed by atoms with E-state index in [2.05, 4.69) is 10.6 Å². The molecule has 2 aromatic carbocycles. The molecule has 0 heterocycles. The van der Waals surface area contributed by atoms with Crippen LogP contribution in [-0.2, 0) is 0 Å². The van der Waals surface area contributed by atoms with Crippen molar-refractivity contribution in [2.75, 3.05) is 11.9 Å². The van der Waals surface area contributed by atoms with E-state index in [9.17, 15) is 9.90 Å². The van der Waals surface area contributed by atoms with Gasteiger partial charge in [0.25, 0.3) is 0 Å². The number of halogens is 1. The summed E-state index contributed by atoms with van der Waals surface area (Å²) in [5.41, 5.74) is 2.39. The number of nitrogens with one attached hydrogen (secondary N) is 2. The minimum absolute atomic E-state index is 0.175. The molecule has 0 aliphatic heterocycles. The van der Waals surface area contributed by atoms with Gasteiger partial charge in [-0.25, -0.2) is 4.79 Å². The normalized spacial score (nSPS) is 11.8. The van der Waals surface area contributed by atoms with Gasteiger partial charge in [-0.3, -0.25) is 0 Å². The van der Waals surface area contributed by atoms with Crippen LogP contribution in [0, 0.1) is 6.92 Å². The molecule has 0 saturated carbocycles. The molecule has 0 aliphatic rings. The fraction of sp³-hybridized carbons (Fsp3) is 0.188. The van der Waals surface area contributed by atoms with Gasteiger partial charge in [-0.2, -0.15) is 0 Å². The van der Waals surface area contributed by atoms with Crippen molar-refractivity contribution in [1.29, 1.82) is 0 Å². The molecular weight excluding hydrogens is 288 g/mol. The van der Waals surface area contributed by atoms with Crippen molar-refractivity contribution in [2.45, 2.75) is 13.0 Å². The van der Waals surface area contributed by atoms with Gasteiger partial charge >= 0.3 is 6.03 Å². The number of aliphatic hydroxyl groups is 1. The Morgan fingerprint density at radius 1 is 1.24 bits per heavy atom. The molecule has 0 bridgehead atoms. The van der Waals surface area contributed by atoms with Crippen LogP contribution in [0.4, 0.5) is 10.5 Å². The lowest BCUT2D eigenvalue weighted by atomic mass is 10.1. The van der Waals surface area contributed by atoms with Crippen molar-refractivity contribution in [3.63, 3.8) is 0 Å². The van der Waals surface area contributed by atoms with Gasteiger partial charge in [-0.05, 0) is 30.2 Å². The third kappa shape index (κ3) is 4.21. The highest BCUT2D eigenvalue weighted by Crippen LogP contribution is 2.20. The standard InChI is InChI=1S/C16H17ClN2O2/c1-11-7-8-13(9-14(11)17)18-16(21)19-15(10-20)12-5-3-2-4-6-12/h2-9,15,20H,10H2,1H3,(H2,18,19,21)/t15-/m0/s1. The van der Waals surface area contributed by atoms with Crippen LogP contribution in [0.2, 0.25) is 5.02 Å². The average Bonchev–Trinajstić information content (AvgIpc) is 2.49. The number of aliphatic hydroxyl groups excluding tert-OH is 1. The first-order valence-corrected chi connectivity index (χ1v) is 6.97. The number of anilines is 1. The summed E-state index contributed by atoms with van der Waals surface area (Å²) in [5.74, 6) is 0. The van der Waals surface area contributed by atoms with Crippen molar-refractivity contribution in [2.24, 2.45) is 0 Å². The van der Waals surface area contributed by atoms with E-state index in [1.807, 2.05) is 43.3 Å². The van der Waals surface area contributed by atoms with Gasteiger partial charge in [-0.1, -0.05) is 48.0 Å². The highest BCUT2D eigenvalue weighted by atomic mass is 35.5. The zero-order valence-corrected chi connectivity index (χ0v) is 12.4. The number of hydrogen-bond donors (Lipinski definition) is 3. The lowest BCUT2D eigenvalue weighted by Gasteiger charge is -2.17. The number of carbonyl (C=O) groups is 1. The fourth-order valence-corrected chi connectivity index (χ4v) is 2.10. The minimum Gasteiger partial charge on any atom is -0.394 e. The molecule has 1 atom stereocenters. The predicted molar refractivity (Wildman–Crippen MR) is 84.6 cm³/mol. The number of benzene rings is 2. The Kier molecular flexibility index (Phi) is 5.20. The first-order chi connectivity index (χ1) is 10.1. The summed E-state index contributed by atoms with van der Waals surface area (Å²) in [6.07, 6.45) is 0. The Morgan fingerprint density at radius 3 is 2.57 bits per heavy atom. The molecular formula is C16H17ClN2O2. The average molecular weight is 305 g/mol. The predicted octanol–water partition coefficient (Wildman–Crippen LogP) is 3.50. The van der Waals surface area contributed by atoms with E-state index in [1.165, 1.54) is 0 Å². The number of amides is 2. The third-order valence-electron chi connectivity index (χ3n) is 3.12. The van der Waals surface area contributed by atoms with Crippen molar-refractivity contribution in [3.8, 4) is 0 Å². The van der Waals surface area contributed by atoms with Crippen LogP contribution in [0.1, 0.15) is 17.2 Å². The maximum atomic E-state index is 12.0. The van der Waals surface area contributed by atoms with E-state index in [0.29, 0.717) is 10.7 Å². The van der Waals surface area contributed by atoms with E-state index < -0.39 is 12.1 Å². The molecule has 0 saturated heterocycles. The molecule has 5 heteroatoms. The molecule has 0 radical (unpaired) electrons.